The normalized spacial score (nSPS) is 20.2. The standard InChI is InChI=1S/C21H22N2O/c1-3-15-22-20(18-13-9-6-10-14-18)19(4-2)23(21(22)24)16-17-11-7-5-8-12-17/h3-14,19-20H,1-2,15-16H2/t19-,20+/m1/s1. The molecule has 24 heavy (non-hydrogen) atoms. The lowest BCUT2D eigenvalue weighted by molar-refractivity contribution is 0.188. The van der Waals surface area contributed by atoms with Gasteiger partial charge in [-0.25, -0.2) is 4.79 Å². The second-order valence-electron chi connectivity index (χ2n) is 5.92. The molecule has 3 rings (SSSR count). The summed E-state index contributed by atoms with van der Waals surface area (Å²) in [6, 6.07) is 20.1. The van der Waals surface area contributed by atoms with E-state index in [4.69, 9.17) is 0 Å². The Bertz CT molecular complexity index is 711. The van der Waals surface area contributed by atoms with Gasteiger partial charge < -0.3 is 9.80 Å². The Hall–Kier alpha value is -2.81. The van der Waals surface area contributed by atoms with Crippen molar-refractivity contribution in [2.24, 2.45) is 0 Å². The number of carbonyl (C=O) groups excluding carboxylic acids is 1. The van der Waals surface area contributed by atoms with Gasteiger partial charge in [0, 0.05) is 13.1 Å². The van der Waals surface area contributed by atoms with Crippen LogP contribution < -0.4 is 0 Å². The second-order valence-corrected chi connectivity index (χ2v) is 5.92. The van der Waals surface area contributed by atoms with Crippen LogP contribution in [0.2, 0.25) is 0 Å². The summed E-state index contributed by atoms with van der Waals surface area (Å²) >= 11 is 0. The van der Waals surface area contributed by atoms with Crippen LogP contribution in [0.5, 0.6) is 0 Å². The van der Waals surface area contributed by atoms with Crippen molar-refractivity contribution in [1.82, 2.24) is 9.80 Å². The van der Waals surface area contributed by atoms with Gasteiger partial charge in [0.15, 0.2) is 0 Å². The fourth-order valence-electron chi connectivity index (χ4n) is 3.33. The summed E-state index contributed by atoms with van der Waals surface area (Å²) in [5.74, 6) is 0. The number of benzene rings is 2. The summed E-state index contributed by atoms with van der Waals surface area (Å²) in [5, 5.41) is 0. The molecule has 2 atom stereocenters. The maximum Gasteiger partial charge on any atom is 0.321 e. The zero-order chi connectivity index (χ0) is 16.9. The molecule has 3 nitrogen and oxygen atoms in total. The molecule has 1 fully saturated rings. The van der Waals surface area contributed by atoms with E-state index in [1.165, 1.54) is 0 Å². The predicted molar refractivity (Wildman–Crippen MR) is 97.5 cm³/mol. The maximum absolute atomic E-state index is 13.0. The summed E-state index contributed by atoms with van der Waals surface area (Å²) in [4.78, 5) is 16.8. The van der Waals surface area contributed by atoms with E-state index >= 15 is 0 Å². The molecular weight excluding hydrogens is 296 g/mol. The van der Waals surface area contributed by atoms with Gasteiger partial charge in [0.25, 0.3) is 0 Å². The molecule has 0 N–H and O–H groups in total. The quantitative estimate of drug-likeness (QED) is 0.724. The van der Waals surface area contributed by atoms with Gasteiger partial charge in [-0.05, 0) is 11.1 Å². The molecule has 1 aliphatic heterocycles. The average Bonchev–Trinajstić information content (AvgIpc) is 2.89. The third-order valence-corrected chi connectivity index (χ3v) is 4.41. The first-order valence-corrected chi connectivity index (χ1v) is 8.16. The fraction of sp³-hybridized carbons (Fsp3) is 0.190. The lowest BCUT2D eigenvalue weighted by Gasteiger charge is -2.25. The highest BCUT2D eigenvalue weighted by Crippen LogP contribution is 2.36. The number of hydrogen-bond donors (Lipinski definition) is 0. The first kappa shape index (κ1) is 16.1. The van der Waals surface area contributed by atoms with Crippen LogP contribution >= 0.6 is 0 Å². The summed E-state index contributed by atoms with van der Waals surface area (Å²) in [6.45, 7) is 8.90. The van der Waals surface area contributed by atoms with Crippen LogP contribution in [0, 0.1) is 0 Å². The molecule has 122 valence electrons. The Balaban J connectivity index is 1.96. The zero-order valence-corrected chi connectivity index (χ0v) is 13.7. The van der Waals surface area contributed by atoms with Crippen molar-refractivity contribution in [3.05, 3.63) is 97.1 Å². The molecule has 1 aliphatic rings. The third kappa shape index (κ3) is 2.98. The Morgan fingerprint density at radius 2 is 1.54 bits per heavy atom. The van der Waals surface area contributed by atoms with Crippen molar-refractivity contribution < 1.29 is 4.79 Å². The van der Waals surface area contributed by atoms with Gasteiger partial charge >= 0.3 is 6.03 Å². The molecule has 2 aromatic carbocycles. The Morgan fingerprint density at radius 3 is 2.12 bits per heavy atom. The van der Waals surface area contributed by atoms with Gasteiger partial charge in [-0.1, -0.05) is 72.8 Å². The number of hydrogen-bond acceptors (Lipinski definition) is 1. The van der Waals surface area contributed by atoms with Gasteiger partial charge in [-0.2, -0.15) is 0 Å². The van der Waals surface area contributed by atoms with Crippen LogP contribution in [0.15, 0.2) is 86.0 Å². The molecule has 1 heterocycles. The molecule has 0 spiro atoms. The van der Waals surface area contributed by atoms with E-state index in [9.17, 15) is 4.79 Å². The number of amides is 2. The Labute approximate surface area is 143 Å². The molecule has 1 saturated heterocycles. The first-order chi connectivity index (χ1) is 11.8. The van der Waals surface area contributed by atoms with Crippen molar-refractivity contribution in [2.75, 3.05) is 6.54 Å². The SMILES string of the molecule is C=CCN1C(=O)N(Cc2ccccc2)[C@H](C=C)[C@@H]1c1ccccc1. The minimum Gasteiger partial charge on any atom is -0.311 e. The molecule has 0 saturated carbocycles. The van der Waals surface area contributed by atoms with Crippen molar-refractivity contribution in [1.29, 1.82) is 0 Å². The molecule has 0 bridgehead atoms. The van der Waals surface area contributed by atoms with Crippen molar-refractivity contribution in [2.45, 2.75) is 18.6 Å². The van der Waals surface area contributed by atoms with Crippen LogP contribution in [0.4, 0.5) is 4.79 Å². The van der Waals surface area contributed by atoms with Crippen LogP contribution in [0.25, 0.3) is 0 Å². The largest absolute Gasteiger partial charge is 0.321 e. The number of rotatable bonds is 6. The van der Waals surface area contributed by atoms with Gasteiger partial charge in [-0.15, -0.1) is 13.2 Å². The minimum atomic E-state index is -0.0694. The third-order valence-electron chi connectivity index (χ3n) is 4.41. The lowest BCUT2D eigenvalue weighted by Crippen LogP contribution is -2.33. The van der Waals surface area contributed by atoms with E-state index in [2.05, 4.69) is 25.3 Å². The van der Waals surface area contributed by atoms with Crippen LogP contribution in [-0.4, -0.2) is 28.4 Å². The van der Waals surface area contributed by atoms with E-state index in [0.29, 0.717) is 13.1 Å². The second kappa shape index (κ2) is 7.18. The van der Waals surface area contributed by atoms with Gasteiger partial charge in [0.1, 0.15) is 0 Å². The number of urea groups is 1. The molecule has 2 aromatic rings. The molecule has 3 heteroatoms. The van der Waals surface area contributed by atoms with E-state index < -0.39 is 0 Å². The molecule has 0 radical (unpaired) electrons. The number of nitrogens with zero attached hydrogens (tertiary/aromatic N) is 2. The zero-order valence-electron chi connectivity index (χ0n) is 13.7. The topological polar surface area (TPSA) is 23.6 Å². The van der Waals surface area contributed by atoms with Gasteiger partial charge in [0.05, 0.1) is 12.1 Å². The minimum absolute atomic E-state index is 0.0255. The Morgan fingerprint density at radius 1 is 0.917 bits per heavy atom. The maximum atomic E-state index is 13.0. The van der Waals surface area contributed by atoms with E-state index in [1.807, 2.05) is 64.4 Å². The fourth-order valence-corrected chi connectivity index (χ4v) is 3.33. The average molecular weight is 318 g/mol. The van der Waals surface area contributed by atoms with E-state index in [1.54, 1.807) is 6.08 Å². The van der Waals surface area contributed by atoms with E-state index in [0.717, 1.165) is 11.1 Å². The monoisotopic (exact) mass is 318 g/mol. The van der Waals surface area contributed by atoms with Crippen LogP contribution in [0.1, 0.15) is 17.2 Å². The van der Waals surface area contributed by atoms with Gasteiger partial charge in [-0.3, -0.25) is 0 Å². The highest BCUT2D eigenvalue weighted by molar-refractivity contribution is 5.79. The van der Waals surface area contributed by atoms with E-state index in [-0.39, 0.29) is 18.1 Å². The summed E-state index contributed by atoms with van der Waals surface area (Å²) < 4.78 is 0. The smallest absolute Gasteiger partial charge is 0.311 e. The molecule has 0 aromatic heterocycles. The summed E-state index contributed by atoms with van der Waals surface area (Å²) in [6.07, 6.45) is 3.65. The molecule has 0 aliphatic carbocycles. The molecular formula is C21H22N2O. The highest BCUT2D eigenvalue weighted by Gasteiger charge is 2.44. The van der Waals surface area contributed by atoms with Crippen molar-refractivity contribution in [3.63, 3.8) is 0 Å². The Kier molecular flexibility index (Phi) is 4.80. The highest BCUT2D eigenvalue weighted by atomic mass is 16.2. The van der Waals surface area contributed by atoms with Crippen LogP contribution in [0.3, 0.4) is 0 Å². The van der Waals surface area contributed by atoms with Crippen LogP contribution in [-0.2, 0) is 6.54 Å². The number of carbonyl (C=O) groups is 1. The molecule has 0 unspecified atom stereocenters. The summed E-state index contributed by atoms with van der Waals surface area (Å²) in [5.41, 5.74) is 2.23. The predicted octanol–water partition coefficient (Wildman–Crippen LogP) is 4.41. The van der Waals surface area contributed by atoms with Crippen molar-refractivity contribution in [3.8, 4) is 0 Å². The van der Waals surface area contributed by atoms with Gasteiger partial charge in [0.2, 0.25) is 0 Å². The summed E-state index contributed by atoms with van der Waals surface area (Å²) in [7, 11) is 0. The first-order valence-electron chi connectivity index (χ1n) is 8.16. The molecule has 2 amide bonds. The van der Waals surface area contributed by atoms with Crippen molar-refractivity contribution >= 4 is 6.03 Å². The lowest BCUT2D eigenvalue weighted by atomic mass is 9.98.